The molecule has 0 spiro atoms. The van der Waals surface area contributed by atoms with Gasteiger partial charge < -0.3 is 10.1 Å². The molecule has 0 radical (unpaired) electrons. The molecule has 0 bridgehead atoms. The number of aromatic nitrogens is 1. The minimum Gasteiger partial charge on any atom is -0.495 e. The smallest absolute Gasteiger partial charge is 0.244 e. The number of nitrogens with zero attached hydrogens (tertiary/aromatic N) is 2. The second-order valence-corrected chi connectivity index (χ2v) is 11.1. The van der Waals surface area contributed by atoms with E-state index in [-0.39, 0.29) is 10.8 Å². The summed E-state index contributed by atoms with van der Waals surface area (Å²) in [6, 6.07) is 18.2. The lowest BCUT2D eigenvalue weighted by molar-refractivity contribution is -0.115. The molecule has 34 heavy (non-hydrogen) atoms. The van der Waals surface area contributed by atoms with Gasteiger partial charge in [0.2, 0.25) is 15.9 Å². The molecule has 1 aliphatic rings. The summed E-state index contributed by atoms with van der Waals surface area (Å²) in [5.41, 5.74) is 2.40. The summed E-state index contributed by atoms with van der Waals surface area (Å²) in [6.45, 7) is 3.02. The highest BCUT2D eigenvalue weighted by Gasteiger charge is 2.28. The third-order valence-electron chi connectivity index (χ3n) is 5.60. The molecule has 9 heteroatoms. The van der Waals surface area contributed by atoms with Crippen LogP contribution in [0.15, 0.2) is 76.8 Å². The van der Waals surface area contributed by atoms with Crippen LogP contribution in [0.5, 0.6) is 5.75 Å². The minimum absolute atomic E-state index is 0.170. The van der Waals surface area contributed by atoms with Crippen molar-refractivity contribution in [2.75, 3.05) is 25.5 Å². The van der Waals surface area contributed by atoms with E-state index < -0.39 is 15.3 Å². The summed E-state index contributed by atoms with van der Waals surface area (Å²) in [4.78, 5) is 17.9. The Balaban J connectivity index is 1.58. The Labute approximate surface area is 204 Å². The number of sulfonamides is 1. The first kappa shape index (κ1) is 24.3. The standard InChI is InChI=1S/C25H27N3O4S2/c1-18-10-12-22(32-2)21(16-18)27-25(29)24(19-8-4-3-5-9-19)33-23-13-11-20(17-26-23)34(30,31)28-14-6-7-15-28/h3-5,8-13,16-17,24H,6-7,14-15H2,1-2H3,(H,27,29). The van der Waals surface area contributed by atoms with Crippen molar-refractivity contribution in [1.29, 1.82) is 0 Å². The molecule has 2 heterocycles. The first-order chi connectivity index (χ1) is 16.4. The summed E-state index contributed by atoms with van der Waals surface area (Å²) in [5, 5.41) is 2.94. The molecule has 1 saturated heterocycles. The van der Waals surface area contributed by atoms with Gasteiger partial charge in [-0.2, -0.15) is 4.31 Å². The van der Waals surface area contributed by atoms with E-state index in [4.69, 9.17) is 4.74 Å². The number of benzene rings is 2. The number of anilines is 1. The Bertz CT molecular complexity index is 1240. The molecule has 1 N–H and O–H groups in total. The van der Waals surface area contributed by atoms with Crippen LogP contribution in [0.3, 0.4) is 0 Å². The Morgan fingerprint density at radius 2 is 1.82 bits per heavy atom. The molecule has 1 unspecified atom stereocenters. The van der Waals surface area contributed by atoms with Crippen LogP contribution in [0.4, 0.5) is 5.69 Å². The number of methoxy groups -OCH3 is 1. The van der Waals surface area contributed by atoms with Crippen molar-refractivity contribution in [1.82, 2.24) is 9.29 Å². The highest BCUT2D eigenvalue weighted by molar-refractivity contribution is 8.00. The number of ether oxygens (including phenoxy) is 1. The van der Waals surface area contributed by atoms with Crippen LogP contribution in [0.25, 0.3) is 0 Å². The largest absolute Gasteiger partial charge is 0.495 e. The second-order valence-electron chi connectivity index (χ2n) is 8.04. The van der Waals surface area contributed by atoms with E-state index in [2.05, 4.69) is 10.3 Å². The number of aryl methyl sites for hydroxylation is 1. The molecular formula is C25H27N3O4S2. The molecule has 2 aromatic carbocycles. The Hall–Kier alpha value is -2.88. The number of thioether (sulfide) groups is 1. The Morgan fingerprint density at radius 1 is 1.09 bits per heavy atom. The first-order valence-corrected chi connectivity index (χ1v) is 13.3. The van der Waals surface area contributed by atoms with Crippen molar-refractivity contribution in [2.45, 2.75) is 34.9 Å². The molecule has 4 rings (SSSR count). The molecule has 1 aromatic heterocycles. The van der Waals surface area contributed by atoms with Crippen molar-refractivity contribution in [3.8, 4) is 5.75 Å². The summed E-state index contributed by atoms with van der Waals surface area (Å²) in [5.74, 6) is 0.348. The van der Waals surface area contributed by atoms with Crippen LogP contribution in [0.2, 0.25) is 0 Å². The zero-order valence-corrected chi connectivity index (χ0v) is 20.7. The lowest BCUT2D eigenvalue weighted by Gasteiger charge is -2.19. The molecule has 1 fully saturated rings. The van der Waals surface area contributed by atoms with Crippen LogP contribution in [-0.2, 0) is 14.8 Å². The summed E-state index contributed by atoms with van der Waals surface area (Å²) in [7, 11) is -1.98. The van der Waals surface area contributed by atoms with Gasteiger partial charge >= 0.3 is 0 Å². The fraction of sp³-hybridized carbons (Fsp3) is 0.280. The fourth-order valence-electron chi connectivity index (χ4n) is 3.81. The normalized spacial score (nSPS) is 15.1. The quantitative estimate of drug-likeness (QED) is 0.456. The highest BCUT2D eigenvalue weighted by Crippen LogP contribution is 2.37. The van der Waals surface area contributed by atoms with Crippen molar-refractivity contribution in [3.05, 3.63) is 78.0 Å². The van der Waals surface area contributed by atoms with E-state index in [9.17, 15) is 13.2 Å². The van der Waals surface area contributed by atoms with Gasteiger partial charge in [0, 0.05) is 19.3 Å². The number of nitrogens with one attached hydrogen (secondary N) is 1. The predicted octanol–water partition coefficient (Wildman–Crippen LogP) is 4.66. The highest BCUT2D eigenvalue weighted by atomic mass is 32.2. The van der Waals surface area contributed by atoms with Crippen LogP contribution in [-0.4, -0.2) is 43.8 Å². The van der Waals surface area contributed by atoms with E-state index in [1.165, 1.54) is 22.3 Å². The monoisotopic (exact) mass is 497 g/mol. The number of carbonyl (C=O) groups is 1. The maximum Gasteiger partial charge on any atom is 0.244 e. The van der Waals surface area contributed by atoms with Crippen molar-refractivity contribution in [3.63, 3.8) is 0 Å². The third-order valence-corrected chi connectivity index (χ3v) is 8.69. The van der Waals surface area contributed by atoms with Crippen LogP contribution in [0.1, 0.15) is 29.2 Å². The van der Waals surface area contributed by atoms with Gasteiger partial charge in [-0.3, -0.25) is 4.79 Å². The molecule has 1 aliphatic heterocycles. The average molecular weight is 498 g/mol. The topological polar surface area (TPSA) is 88.6 Å². The molecular weight excluding hydrogens is 470 g/mol. The number of pyridine rings is 1. The van der Waals surface area contributed by atoms with Gasteiger partial charge in [0.1, 0.15) is 15.9 Å². The van der Waals surface area contributed by atoms with Gasteiger partial charge in [0.05, 0.1) is 17.8 Å². The van der Waals surface area contributed by atoms with E-state index in [1.807, 2.05) is 55.5 Å². The Kier molecular flexibility index (Phi) is 7.55. The molecule has 178 valence electrons. The molecule has 0 aliphatic carbocycles. The van der Waals surface area contributed by atoms with Gasteiger partial charge in [-0.05, 0) is 55.2 Å². The van der Waals surface area contributed by atoms with Gasteiger partial charge in [0.25, 0.3) is 0 Å². The molecule has 1 atom stereocenters. The zero-order valence-electron chi connectivity index (χ0n) is 19.1. The van der Waals surface area contributed by atoms with Crippen molar-refractivity contribution in [2.24, 2.45) is 0 Å². The number of amides is 1. The summed E-state index contributed by atoms with van der Waals surface area (Å²) >= 11 is 1.27. The van der Waals surface area contributed by atoms with Crippen LogP contribution in [0, 0.1) is 6.92 Å². The maximum absolute atomic E-state index is 13.4. The van der Waals surface area contributed by atoms with Gasteiger partial charge in [-0.1, -0.05) is 48.2 Å². The molecule has 1 amide bonds. The number of hydrogen-bond acceptors (Lipinski definition) is 6. The minimum atomic E-state index is -3.54. The van der Waals surface area contributed by atoms with E-state index in [0.29, 0.717) is 29.6 Å². The van der Waals surface area contributed by atoms with E-state index in [1.54, 1.807) is 19.2 Å². The van der Waals surface area contributed by atoms with Crippen molar-refractivity contribution >= 4 is 33.4 Å². The van der Waals surface area contributed by atoms with E-state index in [0.717, 1.165) is 24.0 Å². The van der Waals surface area contributed by atoms with Crippen LogP contribution >= 0.6 is 11.8 Å². The lowest BCUT2D eigenvalue weighted by Crippen LogP contribution is -2.27. The predicted molar refractivity (Wildman–Crippen MR) is 134 cm³/mol. The van der Waals surface area contributed by atoms with Crippen molar-refractivity contribution < 1.29 is 17.9 Å². The fourth-order valence-corrected chi connectivity index (χ4v) is 6.23. The Morgan fingerprint density at radius 3 is 2.47 bits per heavy atom. The van der Waals surface area contributed by atoms with Gasteiger partial charge in [-0.25, -0.2) is 13.4 Å². The lowest BCUT2D eigenvalue weighted by atomic mass is 10.1. The molecule has 0 saturated carbocycles. The third kappa shape index (κ3) is 5.43. The van der Waals surface area contributed by atoms with Gasteiger partial charge in [-0.15, -0.1) is 0 Å². The summed E-state index contributed by atoms with van der Waals surface area (Å²) in [6.07, 6.45) is 3.12. The SMILES string of the molecule is COc1ccc(C)cc1NC(=O)C(Sc1ccc(S(=O)(=O)N2CCCC2)cn1)c1ccccc1. The summed E-state index contributed by atoms with van der Waals surface area (Å²) < 4.78 is 32.5. The maximum atomic E-state index is 13.4. The van der Waals surface area contributed by atoms with Gasteiger partial charge in [0.15, 0.2) is 0 Å². The zero-order chi connectivity index (χ0) is 24.1. The van der Waals surface area contributed by atoms with E-state index >= 15 is 0 Å². The molecule has 7 nitrogen and oxygen atoms in total. The second kappa shape index (κ2) is 10.6. The number of carbonyl (C=O) groups excluding carboxylic acids is 1. The van der Waals surface area contributed by atoms with Crippen LogP contribution < -0.4 is 10.1 Å². The number of rotatable bonds is 8. The first-order valence-electron chi connectivity index (χ1n) is 11.0. The number of hydrogen-bond donors (Lipinski definition) is 1. The molecule has 3 aromatic rings. The average Bonchev–Trinajstić information content (AvgIpc) is 3.40.